The minimum absolute atomic E-state index is 0.0509. The van der Waals surface area contributed by atoms with E-state index >= 15 is 0 Å². The maximum Gasteiger partial charge on any atom is 0.302 e. The Balaban J connectivity index is 1.27. The molecule has 34 heavy (non-hydrogen) atoms. The van der Waals surface area contributed by atoms with Gasteiger partial charge in [0.05, 0.1) is 0 Å². The number of ether oxygens (including phenoxy) is 1. The standard InChI is InChI=1S/C28H41N3O3/c1-18(5-10-26(33)31-17-29-16-30-31)23-8-9-24-22-7-6-20-15-21(34-19(2)32)11-13-27(20,3)25(22)12-14-28(23,24)4/h6,16-18,21-25H,5,7-15H2,1-4H3/t18-,21?,22+,23-,24+,25+,27+,28-/m1/s1. The van der Waals surface area contributed by atoms with Gasteiger partial charge in [0.25, 0.3) is 0 Å². The molecule has 0 N–H and O–H groups in total. The monoisotopic (exact) mass is 467 g/mol. The minimum Gasteiger partial charge on any atom is -0.462 e. The zero-order valence-electron chi connectivity index (χ0n) is 21.3. The molecule has 4 aliphatic carbocycles. The number of hydrogen-bond donors (Lipinski definition) is 0. The summed E-state index contributed by atoms with van der Waals surface area (Å²) >= 11 is 0. The zero-order valence-corrected chi connectivity index (χ0v) is 21.3. The van der Waals surface area contributed by atoms with Gasteiger partial charge in [0.2, 0.25) is 5.91 Å². The quantitative estimate of drug-likeness (QED) is 0.401. The Labute approximate surface area is 203 Å². The van der Waals surface area contributed by atoms with Crippen molar-refractivity contribution >= 4 is 11.9 Å². The van der Waals surface area contributed by atoms with E-state index in [-0.39, 0.29) is 23.4 Å². The number of aromatic nitrogens is 3. The van der Waals surface area contributed by atoms with Crippen LogP contribution in [0.15, 0.2) is 24.3 Å². The van der Waals surface area contributed by atoms with Gasteiger partial charge in [0, 0.05) is 19.8 Å². The normalized spacial score (nSPS) is 39.9. The first-order valence-corrected chi connectivity index (χ1v) is 13.5. The summed E-state index contributed by atoms with van der Waals surface area (Å²) in [4.78, 5) is 27.9. The molecule has 1 heterocycles. The highest BCUT2D eigenvalue weighted by Gasteiger charge is 2.59. The third-order valence-corrected chi connectivity index (χ3v) is 10.6. The van der Waals surface area contributed by atoms with Crippen molar-refractivity contribution in [1.29, 1.82) is 0 Å². The Morgan fingerprint density at radius 3 is 2.74 bits per heavy atom. The number of carbonyl (C=O) groups excluding carboxylic acids is 2. The van der Waals surface area contributed by atoms with Crippen molar-refractivity contribution in [1.82, 2.24) is 14.8 Å². The van der Waals surface area contributed by atoms with E-state index in [2.05, 4.69) is 36.9 Å². The zero-order chi connectivity index (χ0) is 24.1. The molecule has 1 aromatic heterocycles. The van der Waals surface area contributed by atoms with Crippen LogP contribution in [0.4, 0.5) is 0 Å². The van der Waals surface area contributed by atoms with Crippen LogP contribution >= 0.6 is 0 Å². The molecular weight excluding hydrogens is 426 g/mol. The Morgan fingerprint density at radius 1 is 1.18 bits per heavy atom. The summed E-state index contributed by atoms with van der Waals surface area (Å²) < 4.78 is 6.97. The molecule has 3 saturated carbocycles. The molecular formula is C28H41N3O3. The Morgan fingerprint density at radius 2 is 2.00 bits per heavy atom. The molecule has 0 aliphatic heterocycles. The largest absolute Gasteiger partial charge is 0.462 e. The highest BCUT2D eigenvalue weighted by atomic mass is 16.5. The molecule has 1 unspecified atom stereocenters. The van der Waals surface area contributed by atoms with Gasteiger partial charge in [-0.2, -0.15) is 9.78 Å². The molecule has 3 fully saturated rings. The summed E-state index contributed by atoms with van der Waals surface area (Å²) in [6.45, 7) is 8.98. The number of hydrogen-bond acceptors (Lipinski definition) is 5. The number of carbonyl (C=O) groups is 2. The van der Waals surface area contributed by atoms with Gasteiger partial charge in [-0.3, -0.25) is 9.59 Å². The fraction of sp³-hybridized carbons (Fsp3) is 0.786. The van der Waals surface area contributed by atoms with Crippen LogP contribution in [0, 0.1) is 40.4 Å². The van der Waals surface area contributed by atoms with Crippen molar-refractivity contribution < 1.29 is 14.3 Å². The molecule has 186 valence electrons. The first-order chi connectivity index (χ1) is 16.2. The van der Waals surface area contributed by atoms with E-state index < -0.39 is 0 Å². The molecule has 1 aromatic rings. The van der Waals surface area contributed by atoms with Gasteiger partial charge in [0.1, 0.15) is 18.8 Å². The molecule has 0 amide bonds. The molecule has 0 radical (unpaired) electrons. The maximum atomic E-state index is 12.5. The van der Waals surface area contributed by atoms with E-state index in [0.29, 0.717) is 23.7 Å². The molecule has 8 atom stereocenters. The Hall–Kier alpha value is -1.98. The van der Waals surface area contributed by atoms with Gasteiger partial charge in [-0.05, 0) is 91.8 Å². The lowest BCUT2D eigenvalue weighted by Crippen LogP contribution is -2.51. The smallest absolute Gasteiger partial charge is 0.302 e. The number of nitrogens with zero attached hydrogens (tertiary/aromatic N) is 3. The van der Waals surface area contributed by atoms with Crippen LogP contribution in [-0.4, -0.2) is 32.7 Å². The first kappa shape index (κ1) is 23.7. The van der Waals surface area contributed by atoms with Gasteiger partial charge in [0.15, 0.2) is 0 Å². The fourth-order valence-electron chi connectivity index (χ4n) is 8.94. The molecule has 6 heteroatoms. The first-order valence-electron chi connectivity index (χ1n) is 13.5. The number of esters is 1. The summed E-state index contributed by atoms with van der Waals surface area (Å²) in [5, 5.41) is 4.00. The van der Waals surface area contributed by atoms with Crippen LogP contribution in [0.2, 0.25) is 0 Å². The third-order valence-electron chi connectivity index (χ3n) is 10.6. The van der Waals surface area contributed by atoms with Crippen LogP contribution in [0.25, 0.3) is 0 Å². The second-order valence-corrected chi connectivity index (χ2v) is 12.2. The number of rotatable bonds is 5. The third kappa shape index (κ3) is 3.95. The van der Waals surface area contributed by atoms with Gasteiger partial charge >= 0.3 is 5.97 Å². The summed E-state index contributed by atoms with van der Waals surface area (Å²) in [5.41, 5.74) is 2.21. The van der Waals surface area contributed by atoms with E-state index in [1.54, 1.807) is 5.57 Å². The SMILES string of the molecule is CC(=O)OC1CC[C@@]2(C)C(=CC[C@H]3[C@@H]4CC[C@H]([C@H](C)CCC(=O)n5cncn5)[C@@]4(C)CC[C@@H]32)C1. The number of allylic oxidation sites excluding steroid dienone is 1. The van der Waals surface area contributed by atoms with E-state index in [0.717, 1.165) is 43.4 Å². The van der Waals surface area contributed by atoms with Crippen molar-refractivity contribution in [3.8, 4) is 0 Å². The summed E-state index contributed by atoms with van der Waals surface area (Å²) in [6.07, 6.45) is 16.5. The van der Waals surface area contributed by atoms with E-state index in [9.17, 15) is 9.59 Å². The van der Waals surface area contributed by atoms with Crippen LogP contribution in [0.3, 0.4) is 0 Å². The van der Waals surface area contributed by atoms with Gasteiger partial charge in [-0.15, -0.1) is 0 Å². The van der Waals surface area contributed by atoms with E-state index in [1.807, 2.05) is 0 Å². The average molecular weight is 468 g/mol. The predicted octanol–water partition coefficient (Wildman–Crippen LogP) is 5.85. The second kappa shape index (κ2) is 8.91. The lowest BCUT2D eigenvalue weighted by molar-refractivity contribution is -0.148. The lowest BCUT2D eigenvalue weighted by atomic mass is 9.47. The topological polar surface area (TPSA) is 74.1 Å². The fourth-order valence-corrected chi connectivity index (χ4v) is 8.94. The van der Waals surface area contributed by atoms with Gasteiger partial charge in [-0.1, -0.05) is 32.4 Å². The summed E-state index contributed by atoms with van der Waals surface area (Å²) in [7, 11) is 0. The molecule has 0 bridgehead atoms. The van der Waals surface area contributed by atoms with Crippen LogP contribution < -0.4 is 0 Å². The molecule has 0 spiro atoms. The Kier molecular flexibility index (Phi) is 6.22. The van der Waals surface area contributed by atoms with Crippen LogP contribution in [0.1, 0.15) is 96.7 Å². The van der Waals surface area contributed by atoms with Crippen molar-refractivity contribution in [2.75, 3.05) is 0 Å². The van der Waals surface area contributed by atoms with Gasteiger partial charge < -0.3 is 4.74 Å². The maximum absolute atomic E-state index is 12.5. The lowest BCUT2D eigenvalue weighted by Gasteiger charge is -2.58. The highest BCUT2D eigenvalue weighted by Crippen LogP contribution is 2.67. The summed E-state index contributed by atoms with van der Waals surface area (Å²) in [5.74, 6) is 3.45. The molecule has 5 rings (SSSR count). The molecule has 0 saturated heterocycles. The second-order valence-electron chi connectivity index (χ2n) is 12.2. The predicted molar refractivity (Wildman–Crippen MR) is 130 cm³/mol. The van der Waals surface area contributed by atoms with Crippen molar-refractivity contribution in [3.05, 3.63) is 24.3 Å². The van der Waals surface area contributed by atoms with Crippen molar-refractivity contribution in [2.24, 2.45) is 40.4 Å². The van der Waals surface area contributed by atoms with Crippen molar-refractivity contribution in [2.45, 2.75) is 98.0 Å². The van der Waals surface area contributed by atoms with Crippen molar-refractivity contribution in [3.63, 3.8) is 0 Å². The minimum atomic E-state index is -0.148. The van der Waals surface area contributed by atoms with E-state index in [4.69, 9.17) is 4.74 Å². The highest BCUT2D eigenvalue weighted by molar-refractivity contribution is 5.77. The van der Waals surface area contributed by atoms with Gasteiger partial charge in [-0.25, -0.2) is 4.98 Å². The average Bonchev–Trinajstić information content (AvgIpc) is 3.45. The molecule has 0 aromatic carbocycles. The Bertz CT molecular complexity index is 956. The summed E-state index contributed by atoms with van der Waals surface area (Å²) in [6, 6.07) is 0. The molecule has 4 aliphatic rings. The van der Waals surface area contributed by atoms with Crippen LogP contribution in [-0.2, 0) is 9.53 Å². The van der Waals surface area contributed by atoms with E-state index in [1.165, 1.54) is 56.4 Å². The number of fused-ring (bicyclic) bond motifs is 5. The molecule has 6 nitrogen and oxygen atoms in total. The van der Waals surface area contributed by atoms with Crippen LogP contribution in [0.5, 0.6) is 0 Å².